The molecule has 1 aliphatic carbocycles. The molecule has 4 fully saturated rings. The predicted molar refractivity (Wildman–Crippen MR) is 493 cm³/mol. The molecule has 0 radical (unpaired) electrons. The van der Waals surface area contributed by atoms with Gasteiger partial charge in [0.1, 0.15) is 29.1 Å². The maximum atomic E-state index is 15.3. The van der Waals surface area contributed by atoms with Crippen molar-refractivity contribution in [2.24, 2.45) is 0 Å². The van der Waals surface area contributed by atoms with Gasteiger partial charge in [0.25, 0.3) is 0 Å². The van der Waals surface area contributed by atoms with Crippen LogP contribution in [0.15, 0.2) is 179 Å². The van der Waals surface area contributed by atoms with E-state index in [1.165, 1.54) is 50.1 Å². The minimum Gasteiger partial charge on any atom is -0.392 e. The molecule has 16 rings (SSSR count). The monoisotopic (exact) mass is 1800 g/mol. The van der Waals surface area contributed by atoms with Crippen LogP contribution in [0, 0.1) is 32.4 Å². The summed E-state index contributed by atoms with van der Waals surface area (Å²) in [5.41, 5.74) is 7.59. The SMILES string of the molecule is C=CC(=O)N1CC(C)N(c2nc(=O)n(-c3c(C)ccnc3C(C)C)c3nc(-c4cc(S(C)(=O)=O)ccc4F)c(Cl)cc23)CC1C.C=CC(=O)N1CC(C)N(c2nc(=O)n(-c3c(C)ccnc3C(C)C)c3nc(-c4ccccc4CO)c(Cl)cc23)CC1C.C=CC(=O)N1CCN(c2nc(=O)n(-c3c(C)ccnc3C(C)C)c3nc(-c4ccccc4F)c(Cl)cc23)C2CC21. The van der Waals surface area contributed by atoms with Crippen LogP contribution in [0.5, 0.6) is 0 Å². The molecule has 0 bridgehead atoms. The average molecular weight is 1800 g/mol. The number of pyridine rings is 6. The summed E-state index contributed by atoms with van der Waals surface area (Å²) in [6, 6.07) is 26.9. The molecule has 3 amide bonds. The highest BCUT2D eigenvalue weighted by Crippen LogP contribution is 2.45. The maximum Gasteiger partial charge on any atom is 0.355 e. The number of hydrogen-bond donors (Lipinski definition) is 1. The number of anilines is 3. The van der Waals surface area contributed by atoms with Gasteiger partial charge >= 0.3 is 17.1 Å². The fraction of sp³-hybridized carbons (Fsp3) is 0.330. The Morgan fingerprint density at radius 1 is 0.472 bits per heavy atom. The summed E-state index contributed by atoms with van der Waals surface area (Å²) in [6.45, 7) is 38.7. The van der Waals surface area contributed by atoms with Crippen molar-refractivity contribution in [3.8, 4) is 50.8 Å². The van der Waals surface area contributed by atoms with Gasteiger partial charge in [0.2, 0.25) is 17.7 Å². The number of aliphatic hydroxyl groups excluding tert-OH is 1. The Balaban J connectivity index is 0.000000155. The number of aromatic nitrogens is 12. The van der Waals surface area contributed by atoms with Crippen LogP contribution in [0.25, 0.3) is 83.9 Å². The first-order valence-corrected chi connectivity index (χ1v) is 44.7. The molecule has 658 valence electrons. The fourth-order valence-electron chi connectivity index (χ4n) is 17.2. The van der Waals surface area contributed by atoms with Crippen molar-refractivity contribution in [2.75, 3.05) is 60.2 Å². The Morgan fingerprint density at radius 2 is 0.843 bits per heavy atom. The Hall–Kier alpha value is -12.4. The summed E-state index contributed by atoms with van der Waals surface area (Å²) in [5.74, 6) is -0.435. The van der Waals surface area contributed by atoms with E-state index in [1.807, 2.05) is 141 Å². The number of sulfone groups is 1. The van der Waals surface area contributed by atoms with E-state index in [1.54, 1.807) is 70.9 Å². The average Bonchev–Trinajstić information content (AvgIpc) is 1.13. The number of hydrogen-bond acceptors (Lipinski definition) is 21. The molecule has 6 atom stereocenters. The third kappa shape index (κ3) is 17.4. The second kappa shape index (κ2) is 36.5. The highest BCUT2D eigenvalue weighted by molar-refractivity contribution is 7.90. The van der Waals surface area contributed by atoms with Gasteiger partial charge in [-0.1, -0.05) is 132 Å². The van der Waals surface area contributed by atoms with Crippen molar-refractivity contribution in [3.05, 3.63) is 257 Å². The minimum absolute atomic E-state index is 0.0116. The number of aliphatic hydroxyl groups is 1. The van der Waals surface area contributed by atoms with Crippen molar-refractivity contribution in [1.82, 2.24) is 73.3 Å². The van der Waals surface area contributed by atoms with Crippen molar-refractivity contribution in [3.63, 3.8) is 0 Å². The molecular formula is C94H97Cl3F2N18O9S. The number of nitrogens with zero attached hydrogens (tertiary/aromatic N) is 18. The molecule has 1 N–H and O–H groups in total. The van der Waals surface area contributed by atoms with Crippen LogP contribution < -0.4 is 31.8 Å². The van der Waals surface area contributed by atoms with Gasteiger partial charge in [0, 0.05) is 105 Å². The Bertz CT molecular complexity index is 6810. The molecule has 0 spiro atoms. The van der Waals surface area contributed by atoms with E-state index in [-0.39, 0.29) is 121 Å². The van der Waals surface area contributed by atoms with Gasteiger partial charge in [-0.05, 0) is 180 Å². The van der Waals surface area contributed by atoms with Gasteiger partial charge in [0.15, 0.2) is 26.8 Å². The fourth-order valence-corrected chi connectivity index (χ4v) is 18.6. The highest BCUT2D eigenvalue weighted by Gasteiger charge is 2.51. The van der Waals surface area contributed by atoms with Crippen molar-refractivity contribution in [2.45, 2.75) is 162 Å². The molecule has 6 unspecified atom stereocenters. The first-order valence-electron chi connectivity index (χ1n) is 41.7. The molecule has 27 nitrogen and oxygen atoms in total. The van der Waals surface area contributed by atoms with E-state index in [4.69, 9.17) is 49.8 Å². The van der Waals surface area contributed by atoms with Crippen LogP contribution >= 0.6 is 34.8 Å². The van der Waals surface area contributed by atoms with Gasteiger partial charge in [0.05, 0.1) is 106 Å². The molecule has 4 aliphatic rings. The molecule has 3 saturated heterocycles. The largest absolute Gasteiger partial charge is 0.392 e. The second-order valence-corrected chi connectivity index (χ2v) is 36.6. The van der Waals surface area contributed by atoms with Crippen molar-refractivity contribution in [1.29, 1.82) is 0 Å². The Kier molecular flexibility index (Phi) is 26.2. The quantitative estimate of drug-likeness (QED) is 0.0654. The van der Waals surface area contributed by atoms with E-state index in [0.717, 1.165) is 46.8 Å². The zero-order valence-electron chi connectivity index (χ0n) is 72.8. The van der Waals surface area contributed by atoms with Crippen LogP contribution in [0.3, 0.4) is 0 Å². The van der Waals surface area contributed by atoms with Crippen LogP contribution in [0.2, 0.25) is 15.1 Å². The molecule has 1 saturated carbocycles. The Labute approximate surface area is 748 Å². The molecule has 12 aromatic rings. The second-order valence-electron chi connectivity index (χ2n) is 33.4. The molecule has 33 heteroatoms. The standard InChI is InChI=1S/C32H34ClFN6O4S.C32H35ClN6O3.C30H28ClFN6O2/c1-8-26(41)38-15-20(6)39(16-19(38)5)30-23-14-24(33)28(22-13-21(45(7,43)44)9-10-25(22)34)36-31(23)40(32(42)37-30)29-18(4)11-12-35-27(29)17(2)3;1-7-26(41)37-15-21(6)38(16-20(37)5)30-24-14-25(33)28(23-11-9-8-10-22(23)17-40)35-31(24)39(32(42)36-30)29-19(4)12-13-34-27(29)18(2)3;1-5-24(39)36-12-13-37(23-15-22(23)36)28-19-14-20(31)26(18-8-6-7-9-21(18)32)34-29(19)38(30(40)35-28)27-17(4)10-11-33-25(27)16(2)3/h8-14,17,19-20H,1,15-16H2,2-7H3;7-14,18,20-21,40H,1,15-17H2,2-6H3;5-11,14,16,22-23H,1,12-13,15H2,2-4H3. The number of halogens is 5. The van der Waals surface area contributed by atoms with Crippen LogP contribution in [-0.4, -0.2) is 186 Å². The van der Waals surface area contributed by atoms with E-state index >= 15 is 4.39 Å². The molecular weight excluding hydrogens is 1700 g/mol. The van der Waals surface area contributed by atoms with Crippen LogP contribution in [-0.2, 0) is 30.8 Å². The lowest BCUT2D eigenvalue weighted by atomic mass is 10.0. The van der Waals surface area contributed by atoms with Crippen molar-refractivity contribution < 1.29 is 36.7 Å². The molecule has 3 aromatic carbocycles. The normalized spacial score (nSPS) is 17.6. The number of rotatable bonds is 17. The number of carbonyl (C=O) groups excluding carboxylic acids is 3. The minimum atomic E-state index is -3.68. The van der Waals surface area contributed by atoms with Crippen LogP contribution in [0.1, 0.15) is 133 Å². The first kappa shape index (κ1) is 90.9. The smallest absolute Gasteiger partial charge is 0.355 e. The number of benzene rings is 3. The van der Waals surface area contributed by atoms with E-state index < -0.39 is 38.5 Å². The molecule has 12 heterocycles. The van der Waals surface area contributed by atoms with E-state index in [9.17, 15) is 46.7 Å². The summed E-state index contributed by atoms with van der Waals surface area (Å²) in [6.07, 6.45) is 10.8. The third-order valence-electron chi connectivity index (χ3n) is 23.6. The van der Waals surface area contributed by atoms with E-state index in [0.29, 0.717) is 129 Å². The predicted octanol–water partition coefficient (Wildman–Crippen LogP) is 15.2. The lowest BCUT2D eigenvalue weighted by Crippen LogP contribution is -2.58. The van der Waals surface area contributed by atoms with E-state index in [2.05, 4.69) is 54.5 Å². The van der Waals surface area contributed by atoms with Gasteiger partial charge in [-0.15, -0.1) is 0 Å². The lowest BCUT2D eigenvalue weighted by Gasteiger charge is -2.44. The third-order valence-corrected chi connectivity index (χ3v) is 25.6. The van der Waals surface area contributed by atoms with Gasteiger partial charge < -0.3 is 34.5 Å². The summed E-state index contributed by atoms with van der Waals surface area (Å²) < 4.78 is 59.3. The zero-order chi connectivity index (χ0) is 91.5. The molecule has 127 heavy (non-hydrogen) atoms. The number of aryl methyl sites for hydroxylation is 3. The maximum absolute atomic E-state index is 15.3. The highest BCUT2D eigenvalue weighted by atomic mass is 35.5. The van der Waals surface area contributed by atoms with Crippen molar-refractivity contribution >= 4 is 113 Å². The summed E-state index contributed by atoms with van der Waals surface area (Å²) >= 11 is 20.5. The summed E-state index contributed by atoms with van der Waals surface area (Å²) in [7, 11) is -3.68. The van der Waals surface area contributed by atoms with Gasteiger partial charge in [-0.25, -0.2) is 60.2 Å². The summed E-state index contributed by atoms with van der Waals surface area (Å²) in [5, 5.41) is 12.3. The number of piperazine rings is 3. The topological polar surface area (TPSA) is 307 Å². The summed E-state index contributed by atoms with van der Waals surface area (Å²) in [4.78, 5) is 133. The number of carbonyl (C=O) groups is 3. The zero-order valence-corrected chi connectivity index (χ0v) is 75.9. The lowest BCUT2D eigenvalue weighted by molar-refractivity contribution is -0.129. The molecule has 3 aliphatic heterocycles. The number of fused-ring (bicyclic) bond motifs is 4. The van der Waals surface area contributed by atoms with Gasteiger partial charge in [-0.2, -0.15) is 15.0 Å². The van der Waals surface area contributed by atoms with Gasteiger partial charge in [-0.3, -0.25) is 29.3 Å². The first-order chi connectivity index (χ1) is 60.4. The Morgan fingerprint density at radius 3 is 1.24 bits per heavy atom. The van der Waals surface area contributed by atoms with Crippen LogP contribution in [0.4, 0.5) is 26.2 Å². The number of amides is 3. The molecule has 9 aromatic heterocycles.